The van der Waals surface area contributed by atoms with Crippen LogP contribution in [0.15, 0.2) is 35.2 Å². The fraction of sp³-hybridized carbons (Fsp3) is 0.412. The van der Waals surface area contributed by atoms with E-state index in [9.17, 15) is 18.0 Å². The lowest BCUT2D eigenvalue weighted by molar-refractivity contribution is -0.183. The summed E-state index contributed by atoms with van der Waals surface area (Å²) in [6.45, 7) is 1.16. The fourth-order valence-corrected chi connectivity index (χ4v) is 3.47. The van der Waals surface area contributed by atoms with Gasteiger partial charge in [-0.1, -0.05) is 12.1 Å². The molecule has 5 nitrogen and oxygen atoms in total. The van der Waals surface area contributed by atoms with Crippen LogP contribution in [0.4, 0.5) is 13.2 Å². The van der Waals surface area contributed by atoms with Crippen LogP contribution in [0.2, 0.25) is 0 Å². The first-order chi connectivity index (χ1) is 12.4. The zero-order chi connectivity index (χ0) is 18.6. The van der Waals surface area contributed by atoms with E-state index in [-0.39, 0.29) is 0 Å². The van der Waals surface area contributed by atoms with E-state index in [2.05, 4.69) is 15.6 Å². The predicted molar refractivity (Wildman–Crippen MR) is 94.2 cm³/mol. The minimum atomic E-state index is -4.40. The van der Waals surface area contributed by atoms with E-state index in [4.69, 9.17) is 0 Å². The summed E-state index contributed by atoms with van der Waals surface area (Å²) in [4.78, 5) is 17.9. The summed E-state index contributed by atoms with van der Waals surface area (Å²) in [6, 6.07) is 5.04. The van der Waals surface area contributed by atoms with E-state index in [0.717, 1.165) is 11.3 Å². The van der Waals surface area contributed by atoms with Crippen molar-refractivity contribution in [3.63, 3.8) is 0 Å². The van der Waals surface area contributed by atoms with Gasteiger partial charge in [-0.15, -0.1) is 11.3 Å². The molecule has 2 aromatic rings. The normalized spacial score (nSPS) is 17.0. The highest BCUT2D eigenvalue weighted by Crippen LogP contribution is 2.25. The van der Waals surface area contributed by atoms with Crippen molar-refractivity contribution in [1.82, 2.24) is 20.5 Å². The largest absolute Gasteiger partial charge is 0.405 e. The van der Waals surface area contributed by atoms with Crippen LogP contribution in [-0.4, -0.2) is 60.7 Å². The number of aromatic nitrogens is 1. The molecule has 0 spiro atoms. The number of benzene rings is 1. The van der Waals surface area contributed by atoms with Crippen LogP contribution < -0.4 is 10.6 Å². The molecule has 1 fully saturated rings. The molecule has 2 N–H and O–H groups in total. The summed E-state index contributed by atoms with van der Waals surface area (Å²) in [6.07, 6.45) is -4.40. The first-order valence-corrected chi connectivity index (χ1v) is 9.18. The highest BCUT2D eigenvalue weighted by Gasteiger charge is 2.43. The minimum Gasteiger partial charge on any atom is -0.350 e. The van der Waals surface area contributed by atoms with Crippen LogP contribution in [0.3, 0.4) is 0 Å². The SMILES string of the molecule is O=C(NCC(N1CCNCC1)C(F)(F)F)c1cccc(-c2cscn2)c1. The number of thiazole rings is 1. The Morgan fingerprint density at radius 3 is 2.77 bits per heavy atom. The molecule has 0 bridgehead atoms. The number of nitrogens with one attached hydrogen (secondary N) is 2. The number of carbonyl (C=O) groups excluding carboxylic acids is 1. The maximum atomic E-state index is 13.4. The van der Waals surface area contributed by atoms with Gasteiger partial charge >= 0.3 is 6.18 Å². The maximum Gasteiger partial charge on any atom is 0.405 e. The van der Waals surface area contributed by atoms with E-state index in [1.807, 2.05) is 11.4 Å². The highest BCUT2D eigenvalue weighted by molar-refractivity contribution is 7.07. The van der Waals surface area contributed by atoms with Gasteiger partial charge in [0.25, 0.3) is 5.91 Å². The number of rotatable bonds is 5. The number of halogens is 3. The van der Waals surface area contributed by atoms with Crippen LogP contribution >= 0.6 is 11.3 Å². The molecule has 1 aliphatic rings. The lowest BCUT2D eigenvalue weighted by Gasteiger charge is -2.35. The number of hydrogen-bond donors (Lipinski definition) is 2. The Morgan fingerprint density at radius 1 is 1.35 bits per heavy atom. The molecule has 0 aliphatic carbocycles. The third-order valence-electron chi connectivity index (χ3n) is 4.28. The third-order valence-corrected chi connectivity index (χ3v) is 4.87. The second-order valence-corrected chi connectivity index (χ2v) is 6.73. The van der Waals surface area contributed by atoms with E-state index >= 15 is 0 Å². The molecule has 0 saturated carbocycles. The molecule has 3 rings (SSSR count). The van der Waals surface area contributed by atoms with E-state index < -0.39 is 24.7 Å². The highest BCUT2D eigenvalue weighted by atomic mass is 32.1. The Morgan fingerprint density at radius 2 is 2.12 bits per heavy atom. The monoisotopic (exact) mass is 384 g/mol. The Hall–Kier alpha value is -1.97. The number of nitrogens with zero attached hydrogens (tertiary/aromatic N) is 2. The summed E-state index contributed by atoms with van der Waals surface area (Å²) in [5.41, 5.74) is 3.49. The quantitative estimate of drug-likeness (QED) is 0.831. The summed E-state index contributed by atoms with van der Waals surface area (Å²) in [7, 11) is 0. The molecule has 2 heterocycles. The molecule has 26 heavy (non-hydrogen) atoms. The zero-order valence-electron chi connectivity index (χ0n) is 13.9. The zero-order valence-corrected chi connectivity index (χ0v) is 14.7. The number of carbonyl (C=O) groups is 1. The first kappa shape index (κ1) is 18.8. The molecule has 1 amide bonds. The molecule has 1 aromatic carbocycles. The third kappa shape index (κ3) is 4.60. The average Bonchev–Trinajstić information content (AvgIpc) is 3.16. The van der Waals surface area contributed by atoms with Crippen LogP contribution in [0.1, 0.15) is 10.4 Å². The molecule has 9 heteroatoms. The van der Waals surface area contributed by atoms with Gasteiger partial charge < -0.3 is 10.6 Å². The van der Waals surface area contributed by atoms with Crippen molar-refractivity contribution in [1.29, 1.82) is 0 Å². The fourth-order valence-electron chi connectivity index (χ4n) is 2.91. The van der Waals surface area contributed by atoms with Gasteiger partial charge in [0.1, 0.15) is 6.04 Å². The van der Waals surface area contributed by atoms with Gasteiger partial charge in [0.2, 0.25) is 0 Å². The molecule has 1 unspecified atom stereocenters. The standard InChI is InChI=1S/C17H19F3N4OS/c18-17(19,20)15(24-6-4-21-5-7-24)9-22-16(25)13-3-1-2-12(8-13)14-10-26-11-23-14/h1-3,8,10-11,15,21H,4-7,9H2,(H,22,25). The van der Waals surface area contributed by atoms with Gasteiger partial charge in [0.05, 0.1) is 11.2 Å². The molecule has 140 valence electrons. The van der Waals surface area contributed by atoms with Crippen LogP contribution in [0.25, 0.3) is 11.3 Å². The number of piperazine rings is 1. The van der Waals surface area contributed by atoms with Gasteiger partial charge in [-0.2, -0.15) is 13.2 Å². The minimum absolute atomic E-state index is 0.305. The molecule has 1 saturated heterocycles. The van der Waals surface area contributed by atoms with Crippen molar-refractivity contribution in [2.75, 3.05) is 32.7 Å². The first-order valence-electron chi connectivity index (χ1n) is 8.23. The number of amides is 1. The molecule has 1 aliphatic heterocycles. The summed E-state index contributed by atoms with van der Waals surface area (Å²) < 4.78 is 40.2. The van der Waals surface area contributed by atoms with E-state index in [1.54, 1.807) is 23.7 Å². The van der Waals surface area contributed by atoms with Crippen LogP contribution in [-0.2, 0) is 0 Å². The summed E-state index contributed by atoms with van der Waals surface area (Å²) in [5.74, 6) is -0.522. The van der Waals surface area contributed by atoms with Crippen molar-refractivity contribution < 1.29 is 18.0 Å². The van der Waals surface area contributed by atoms with Gasteiger partial charge in [0, 0.05) is 49.2 Å². The van der Waals surface area contributed by atoms with Gasteiger partial charge in [0.15, 0.2) is 0 Å². The van der Waals surface area contributed by atoms with Crippen molar-refractivity contribution in [2.24, 2.45) is 0 Å². The predicted octanol–water partition coefficient (Wildman–Crippen LogP) is 2.38. The Bertz CT molecular complexity index is 730. The lowest BCUT2D eigenvalue weighted by atomic mass is 10.1. The van der Waals surface area contributed by atoms with Crippen molar-refractivity contribution >= 4 is 17.2 Å². The van der Waals surface area contributed by atoms with Crippen molar-refractivity contribution in [2.45, 2.75) is 12.2 Å². The average molecular weight is 384 g/mol. The van der Waals surface area contributed by atoms with Gasteiger partial charge in [-0.3, -0.25) is 9.69 Å². The van der Waals surface area contributed by atoms with Crippen LogP contribution in [0, 0.1) is 0 Å². The molecular weight excluding hydrogens is 365 g/mol. The van der Waals surface area contributed by atoms with Crippen LogP contribution in [0.5, 0.6) is 0 Å². The molecule has 0 radical (unpaired) electrons. The van der Waals surface area contributed by atoms with Crippen molar-refractivity contribution in [3.8, 4) is 11.3 Å². The number of alkyl halides is 3. The second-order valence-electron chi connectivity index (χ2n) is 6.01. The summed E-state index contributed by atoms with van der Waals surface area (Å²) in [5, 5.41) is 7.31. The Balaban J connectivity index is 1.67. The summed E-state index contributed by atoms with van der Waals surface area (Å²) >= 11 is 1.43. The molecule has 1 atom stereocenters. The molecule has 1 aromatic heterocycles. The number of hydrogen-bond acceptors (Lipinski definition) is 5. The maximum absolute atomic E-state index is 13.4. The van der Waals surface area contributed by atoms with E-state index in [1.165, 1.54) is 16.2 Å². The second kappa shape index (κ2) is 8.15. The van der Waals surface area contributed by atoms with Gasteiger partial charge in [-0.05, 0) is 12.1 Å². The topological polar surface area (TPSA) is 57.3 Å². The van der Waals surface area contributed by atoms with E-state index in [0.29, 0.717) is 31.7 Å². The van der Waals surface area contributed by atoms with Gasteiger partial charge in [-0.25, -0.2) is 4.98 Å². The smallest absolute Gasteiger partial charge is 0.350 e. The Labute approximate surface area is 153 Å². The molecular formula is C17H19F3N4OS. The lowest BCUT2D eigenvalue weighted by Crippen LogP contribution is -2.57. The van der Waals surface area contributed by atoms with Crippen molar-refractivity contribution in [3.05, 3.63) is 40.7 Å². The Kier molecular flexibility index (Phi) is 5.90.